The number of hydrogen-bond donors (Lipinski definition) is 2. The van der Waals surface area contributed by atoms with Gasteiger partial charge in [0.15, 0.2) is 0 Å². The average Bonchev–Trinajstić information content (AvgIpc) is 2.66. The van der Waals surface area contributed by atoms with Gasteiger partial charge in [-0.3, -0.25) is 0 Å². The molecule has 2 nitrogen and oxygen atoms in total. The van der Waals surface area contributed by atoms with Gasteiger partial charge in [0.1, 0.15) is 5.75 Å². The molecule has 0 aliphatic heterocycles. The molecule has 0 unspecified atom stereocenters. The molecule has 21 heavy (non-hydrogen) atoms. The van der Waals surface area contributed by atoms with E-state index < -0.39 is 0 Å². The molecule has 1 aromatic rings. The van der Waals surface area contributed by atoms with Crippen molar-refractivity contribution in [3.8, 4) is 5.75 Å². The minimum atomic E-state index is 0.423. The van der Waals surface area contributed by atoms with Gasteiger partial charge in [0.25, 0.3) is 0 Å². The van der Waals surface area contributed by atoms with Gasteiger partial charge in [-0.2, -0.15) is 0 Å². The van der Waals surface area contributed by atoms with Crippen molar-refractivity contribution in [3.63, 3.8) is 0 Å². The summed E-state index contributed by atoms with van der Waals surface area (Å²) in [4.78, 5) is 0. The molecule has 114 valence electrons. The maximum absolute atomic E-state index is 9.88. The second kappa shape index (κ2) is 5.31. The van der Waals surface area contributed by atoms with Crippen molar-refractivity contribution in [2.45, 2.75) is 51.5 Å². The van der Waals surface area contributed by atoms with E-state index in [1.807, 2.05) is 18.2 Å². The van der Waals surface area contributed by atoms with Crippen LogP contribution < -0.4 is 5.32 Å². The highest BCUT2D eigenvalue weighted by Crippen LogP contribution is 2.56. The maximum atomic E-state index is 9.88. The predicted molar refractivity (Wildman–Crippen MR) is 85.0 cm³/mol. The molecule has 0 saturated heterocycles. The second-order valence-corrected chi connectivity index (χ2v) is 7.98. The van der Waals surface area contributed by atoms with Gasteiger partial charge in [0, 0.05) is 18.7 Å². The largest absolute Gasteiger partial charge is 0.508 e. The number of benzene rings is 1. The standard InChI is InChI=1S/C19H27NO/c21-18-4-2-1-3-17(18)12-20-13-19-6-5-14-7-15(10-19)9-16(8-14)11-19/h1-4,14-16,20-21H,5-13H2/t14?,15-,16-,19?/m1/s1. The minimum absolute atomic E-state index is 0.423. The molecule has 0 heterocycles. The van der Waals surface area contributed by atoms with Crippen LogP contribution >= 0.6 is 0 Å². The summed E-state index contributed by atoms with van der Waals surface area (Å²) in [6.07, 6.45) is 10.3. The van der Waals surface area contributed by atoms with Crippen LogP contribution in [0.5, 0.6) is 5.75 Å². The number of rotatable bonds is 4. The molecule has 0 spiro atoms. The molecule has 0 radical (unpaired) electrons. The van der Waals surface area contributed by atoms with Gasteiger partial charge in [0.05, 0.1) is 0 Å². The Morgan fingerprint density at radius 3 is 2.52 bits per heavy atom. The van der Waals surface area contributed by atoms with Crippen molar-refractivity contribution in [1.29, 1.82) is 0 Å². The lowest BCUT2D eigenvalue weighted by molar-refractivity contribution is 0.0656. The van der Waals surface area contributed by atoms with Gasteiger partial charge < -0.3 is 10.4 Å². The molecule has 1 aromatic carbocycles. The quantitative estimate of drug-likeness (QED) is 0.873. The summed E-state index contributed by atoms with van der Waals surface area (Å²) in [5.74, 6) is 3.48. The first-order valence-corrected chi connectivity index (χ1v) is 8.70. The Kier molecular flexibility index (Phi) is 3.45. The fourth-order valence-electron chi connectivity index (χ4n) is 5.65. The normalized spacial score (nSPS) is 37.6. The number of para-hydroxylation sites is 1. The predicted octanol–water partition coefficient (Wildman–Crippen LogP) is 4.09. The van der Waals surface area contributed by atoms with E-state index >= 15 is 0 Å². The van der Waals surface area contributed by atoms with Crippen LogP contribution in [0.1, 0.15) is 50.5 Å². The Morgan fingerprint density at radius 2 is 1.76 bits per heavy atom. The van der Waals surface area contributed by atoms with Crippen molar-refractivity contribution in [3.05, 3.63) is 29.8 Å². The lowest BCUT2D eigenvalue weighted by atomic mass is 9.61. The summed E-state index contributed by atoms with van der Waals surface area (Å²) in [5, 5.41) is 13.5. The lowest BCUT2D eigenvalue weighted by Gasteiger charge is -2.45. The van der Waals surface area contributed by atoms with E-state index in [2.05, 4.69) is 5.32 Å². The van der Waals surface area contributed by atoms with E-state index in [1.54, 1.807) is 6.07 Å². The van der Waals surface area contributed by atoms with Crippen LogP contribution in [0.3, 0.4) is 0 Å². The first-order chi connectivity index (χ1) is 10.2. The third-order valence-corrected chi connectivity index (χ3v) is 6.33. The molecule has 0 amide bonds. The average molecular weight is 285 g/mol. The van der Waals surface area contributed by atoms with Gasteiger partial charge in [-0.1, -0.05) is 18.2 Å². The van der Waals surface area contributed by atoms with Crippen LogP contribution in [-0.2, 0) is 6.54 Å². The first-order valence-electron chi connectivity index (χ1n) is 8.70. The highest BCUT2D eigenvalue weighted by molar-refractivity contribution is 5.31. The zero-order valence-electron chi connectivity index (χ0n) is 12.9. The van der Waals surface area contributed by atoms with E-state index in [9.17, 15) is 5.11 Å². The van der Waals surface area contributed by atoms with E-state index in [-0.39, 0.29) is 0 Å². The van der Waals surface area contributed by atoms with Crippen LogP contribution in [0, 0.1) is 23.2 Å². The van der Waals surface area contributed by atoms with E-state index in [1.165, 1.54) is 44.9 Å². The van der Waals surface area contributed by atoms with Crippen molar-refractivity contribution < 1.29 is 5.11 Å². The Bertz CT molecular complexity index is 498. The molecule has 2 heteroatoms. The first kappa shape index (κ1) is 13.6. The molecule has 2 N–H and O–H groups in total. The van der Waals surface area contributed by atoms with Crippen LogP contribution in [0.15, 0.2) is 24.3 Å². The number of nitrogens with one attached hydrogen (secondary N) is 1. The number of hydrogen-bond acceptors (Lipinski definition) is 2. The topological polar surface area (TPSA) is 32.3 Å². The highest BCUT2D eigenvalue weighted by atomic mass is 16.3. The van der Waals surface area contributed by atoms with Gasteiger partial charge in [-0.05, 0) is 74.2 Å². The number of aromatic hydroxyl groups is 1. The van der Waals surface area contributed by atoms with Crippen LogP contribution in [-0.4, -0.2) is 11.7 Å². The summed E-state index contributed by atoms with van der Waals surface area (Å²) in [7, 11) is 0. The van der Waals surface area contributed by atoms with Crippen molar-refractivity contribution in [1.82, 2.24) is 5.32 Å². The smallest absolute Gasteiger partial charge is 0.120 e. The highest BCUT2D eigenvalue weighted by Gasteiger charge is 2.47. The van der Waals surface area contributed by atoms with Crippen molar-refractivity contribution in [2.75, 3.05) is 6.54 Å². The minimum Gasteiger partial charge on any atom is -0.508 e. The molecule has 0 aromatic heterocycles. The third kappa shape index (κ3) is 2.70. The third-order valence-electron chi connectivity index (χ3n) is 6.33. The summed E-state index contributed by atoms with van der Waals surface area (Å²) >= 11 is 0. The molecular formula is C19H27NO. The summed E-state index contributed by atoms with van der Waals surface area (Å²) < 4.78 is 0. The zero-order valence-corrected chi connectivity index (χ0v) is 12.9. The Hall–Kier alpha value is -1.02. The number of fused-ring (bicyclic) bond motifs is 1. The van der Waals surface area contributed by atoms with Crippen LogP contribution in [0.4, 0.5) is 0 Å². The molecule has 5 rings (SSSR count). The SMILES string of the molecule is Oc1ccccc1CNCC12CCC3C[C@H](C[C@@H](C3)C1)C2. The van der Waals surface area contributed by atoms with Gasteiger partial charge in [0.2, 0.25) is 0 Å². The summed E-state index contributed by atoms with van der Waals surface area (Å²) in [6.45, 7) is 1.94. The summed E-state index contributed by atoms with van der Waals surface area (Å²) in [5.41, 5.74) is 1.59. The number of phenols is 1. The van der Waals surface area contributed by atoms with E-state index in [0.29, 0.717) is 11.2 Å². The maximum Gasteiger partial charge on any atom is 0.120 e. The Morgan fingerprint density at radius 1 is 1.05 bits per heavy atom. The molecule has 4 saturated carbocycles. The fraction of sp³-hybridized carbons (Fsp3) is 0.684. The van der Waals surface area contributed by atoms with Crippen LogP contribution in [0.2, 0.25) is 0 Å². The molecule has 4 aliphatic carbocycles. The fourth-order valence-corrected chi connectivity index (χ4v) is 5.65. The molecule has 4 fully saturated rings. The van der Waals surface area contributed by atoms with Gasteiger partial charge in [-0.15, -0.1) is 0 Å². The molecule has 4 bridgehead atoms. The van der Waals surface area contributed by atoms with Crippen LogP contribution in [0.25, 0.3) is 0 Å². The molecular weight excluding hydrogens is 258 g/mol. The van der Waals surface area contributed by atoms with E-state index in [0.717, 1.165) is 36.4 Å². The molecule has 4 aliphatic rings. The lowest BCUT2D eigenvalue weighted by Crippen LogP contribution is -2.40. The van der Waals surface area contributed by atoms with Crippen molar-refractivity contribution >= 4 is 0 Å². The summed E-state index contributed by atoms with van der Waals surface area (Å²) in [6, 6.07) is 7.70. The monoisotopic (exact) mass is 285 g/mol. The second-order valence-electron chi connectivity index (χ2n) is 7.98. The van der Waals surface area contributed by atoms with Crippen molar-refractivity contribution in [2.24, 2.45) is 23.2 Å². The van der Waals surface area contributed by atoms with E-state index in [4.69, 9.17) is 0 Å². The Labute approximate surface area is 128 Å². The zero-order chi connectivity index (χ0) is 14.3. The Balaban J connectivity index is 1.41. The van der Waals surface area contributed by atoms with Gasteiger partial charge in [-0.25, -0.2) is 0 Å². The van der Waals surface area contributed by atoms with Gasteiger partial charge >= 0.3 is 0 Å². The number of phenolic OH excluding ortho intramolecular Hbond substituents is 1. The molecule has 2 atom stereocenters.